The molecule has 0 spiro atoms. The van der Waals surface area contributed by atoms with E-state index in [2.05, 4.69) is 10.6 Å². The Morgan fingerprint density at radius 2 is 1.66 bits per heavy atom. The summed E-state index contributed by atoms with van der Waals surface area (Å²) in [5, 5.41) is 15.1. The molecule has 0 aromatic heterocycles. The van der Waals surface area contributed by atoms with Crippen LogP contribution in [0.1, 0.15) is 22.3 Å². The van der Waals surface area contributed by atoms with Gasteiger partial charge in [0.1, 0.15) is 11.6 Å². The molecule has 0 heterocycles. The van der Waals surface area contributed by atoms with Crippen LogP contribution in [0, 0.1) is 32.1 Å². The fourth-order valence-corrected chi connectivity index (χ4v) is 3.31. The molecule has 35 heavy (non-hydrogen) atoms. The number of methoxy groups -OCH3 is 1. The summed E-state index contributed by atoms with van der Waals surface area (Å²) >= 11 is 0. The lowest BCUT2D eigenvalue weighted by Crippen LogP contribution is -2.20. The number of amides is 2. The Balaban J connectivity index is 1.70. The van der Waals surface area contributed by atoms with Crippen LogP contribution in [0.5, 0.6) is 11.5 Å². The molecule has 2 amide bonds. The van der Waals surface area contributed by atoms with Gasteiger partial charge in [0.2, 0.25) is 0 Å². The lowest BCUT2D eigenvalue weighted by atomic mass is 10.1. The topological polar surface area (TPSA) is 100 Å². The van der Waals surface area contributed by atoms with Crippen LogP contribution in [0.3, 0.4) is 0 Å². The van der Waals surface area contributed by atoms with Crippen LogP contribution in [-0.4, -0.2) is 25.5 Å². The fourth-order valence-electron chi connectivity index (χ4n) is 3.31. The van der Waals surface area contributed by atoms with Gasteiger partial charge in [-0.1, -0.05) is 36.4 Å². The number of carbonyl (C=O) groups excluding carboxylic acids is 2. The maximum atomic E-state index is 12.7. The number of aryl methyl sites for hydroxylation is 3. The van der Waals surface area contributed by atoms with Crippen LogP contribution in [0.15, 0.2) is 66.2 Å². The number of rotatable bonds is 8. The third-order valence-electron chi connectivity index (χ3n) is 5.28. The van der Waals surface area contributed by atoms with Gasteiger partial charge in [0.25, 0.3) is 11.8 Å². The second-order valence-electron chi connectivity index (χ2n) is 8.00. The minimum absolute atomic E-state index is 0.0563. The molecule has 0 aliphatic rings. The van der Waals surface area contributed by atoms with Crippen molar-refractivity contribution in [2.24, 2.45) is 0 Å². The van der Waals surface area contributed by atoms with E-state index in [0.717, 1.165) is 22.4 Å². The monoisotopic (exact) mass is 469 g/mol. The zero-order chi connectivity index (χ0) is 25.4. The molecule has 0 radical (unpaired) electrons. The summed E-state index contributed by atoms with van der Waals surface area (Å²) in [6.07, 6.45) is 1.47. The van der Waals surface area contributed by atoms with Crippen LogP contribution >= 0.6 is 0 Å². The zero-order valence-corrected chi connectivity index (χ0v) is 20.1. The van der Waals surface area contributed by atoms with Gasteiger partial charge in [-0.2, -0.15) is 5.26 Å². The summed E-state index contributed by atoms with van der Waals surface area (Å²) in [6.45, 7) is 5.51. The SMILES string of the molecule is COc1cc(/C=C(/C#N)C(=O)Nc2cc(C)ccc2C)ccc1OCC(=O)Nc1ccccc1C. The Morgan fingerprint density at radius 3 is 2.37 bits per heavy atom. The van der Waals surface area contributed by atoms with Gasteiger partial charge in [0.05, 0.1) is 7.11 Å². The predicted molar refractivity (Wildman–Crippen MR) is 136 cm³/mol. The number of benzene rings is 3. The quantitative estimate of drug-likeness (QED) is 0.350. The molecule has 2 N–H and O–H groups in total. The average molecular weight is 470 g/mol. The Hall–Kier alpha value is -4.57. The standard InChI is InChI=1S/C28H27N3O4/c1-18-9-10-20(3)24(13-18)31-28(33)22(16-29)14-21-11-12-25(26(15-21)34-4)35-17-27(32)30-23-8-6-5-7-19(23)2/h5-15H,17H2,1-4H3,(H,30,32)(H,31,33)/b22-14-. The van der Waals surface area contributed by atoms with Crippen LogP contribution in [0.4, 0.5) is 11.4 Å². The van der Waals surface area contributed by atoms with Gasteiger partial charge in [0, 0.05) is 11.4 Å². The van der Waals surface area contributed by atoms with Gasteiger partial charge < -0.3 is 20.1 Å². The highest BCUT2D eigenvalue weighted by atomic mass is 16.5. The van der Waals surface area contributed by atoms with E-state index in [-0.39, 0.29) is 18.1 Å². The van der Waals surface area contributed by atoms with E-state index in [1.54, 1.807) is 18.2 Å². The third kappa shape index (κ3) is 6.71. The number of hydrogen-bond acceptors (Lipinski definition) is 5. The van der Waals surface area contributed by atoms with Crippen LogP contribution in [-0.2, 0) is 9.59 Å². The molecule has 0 unspecified atom stereocenters. The van der Waals surface area contributed by atoms with Gasteiger partial charge in [-0.25, -0.2) is 0 Å². The van der Waals surface area contributed by atoms with E-state index in [1.807, 2.05) is 69.3 Å². The Bertz CT molecular complexity index is 1320. The number of nitriles is 1. The highest BCUT2D eigenvalue weighted by Gasteiger charge is 2.13. The van der Waals surface area contributed by atoms with Crippen molar-refractivity contribution in [1.82, 2.24) is 0 Å². The Morgan fingerprint density at radius 1 is 0.914 bits per heavy atom. The first-order valence-corrected chi connectivity index (χ1v) is 11.0. The average Bonchev–Trinajstić information content (AvgIpc) is 2.85. The number of para-hydroxylation sites is 1. The Kier molecular flexibility index (Phi) is 8.25. The molecule has 0 fully saturated rings. The van der Waals surface area contributed by atoms with E-state index in [4.69, 9.17) is 9.47 Å². The molecule has 3 aromatic rings. The molecular formula is C28H27N3O4. The summed E-state index contributed by atoms with van der Waals surface area (Å²) < 4.78 is 11.0. The highest BCUT2D eigenvalue weighted by Crippen LogP contribution is 2.29. The van der Waals surface area contributed by atoms with Gasteiger partial charge in [-0.05, 0) is 73.4 Å². The van der Waals surface area contributed by atoms with E-state index in [1.165, 1.54) is 13.2 Å². The number of carbonyl (C=O) groups is 2. The van der Waals surface area contributed by atoms with E-state index < -0.39 is 5.91 Å². The van der Waals surface area contributed by atoms with Crippen molar-refractivity contribution in [2.75, 3.05) is 24.4 Å². The summed E-state index contributed by atoms with van der Waals surface area (Å²) in [5.41, 5.74) is 4.74. The molecule has 178 valence electrons. The molecular weight excluding hydrogens is 442 g/mol. The van der Waals surface area contributed by atoms with Gasteiger partial charge >= 0.3 is 0 Å². The van der Waals surface area contributed by atoms with Crippen molar-refractivity contribution in [1.29, 1.82) is 5.26 Å². The van der Waals surface area contributed by atoms with E-state index in [0.29, 0.717) is 22.7 Å². The van der Waals surface area contributed by atoms with Crippen LogP contribution < -0.4 is 20.1 Å². The maximum absolute atomic E-state index is 12.7. The second-order valence-corrected chi connectivity index (χ2v) is 8.00. The number of nitrogens with one attached hydrogen (secondary N) is 2. The molecule has 0 saturated carbocycles. The lowest BCUT2D eigenvalue weighted by Gasteiger charge is -2.12. The van der Waals surface area contributed by atoms with E-state index >= 15 is 0 Å². The summed E-state index contributed by atoms with van der Waals surface area (Å²) in [4.78, 5) is 25.0. The van der Waals surface area contributed by atoms with Crippen LogP contribution in [0.2, 0.25) is 0 Å². The van der Waals surface area contributed by atoms with Crippen LogP contribution in [0.25, 0.3) is 6.08 Å². The largest absolute Gasteiger partial charge is 0.493 e. The minimum atomic E-state index is -0.506. The molecule has 0 aliphatic heterocycles. The van der Waals surface area contributed by atoms with Crippen molar-refractivity contribution in [3.63, 3.8) is 0 Å². The van der Waals surface area contributed by atoms with Crippen molar-refractivity contribution in [2.45, 2.75) is 20.8 Å². The summed E-state index contributed by atoms with van der Waals surface area (Å²) in [7, 11) is 1.47. The lowest BCUT2D eigenvalue weighted by molar-refractivity contribution is -0.118. The summed E-state index contributed by atoms with van der Waals surface area (Å²) in [5.74, 6) is -0.0776. The number of anilines is 2. The van der Waals surface area contributed by atoms with Gasteiger partial charge in [0.15, 0.2) is 18.1 Å². The number of nitrogens with zero attached hydrogens (tertiary/aromatic N) is 1. The number of hydrogen-bond donors (Lipinski definition) is 2. The molecule has 7 heteroatoms. The molecule has 3 aromatic carbocycles. The third-order valence-corrected chi connectivity index (χ3v) is 5.28. The van der Waals surface area contributed by atoms with Gasteiger partial charge in [-0.3, -0.25) is 9.59 Å². The Labute approximate surface area is 205 Å². The normalized spacial score (nSPS) is 10.8. The first-order valence-electron chi connectivity index (χ1n) is 11.0. The van der Waals surface area contributed by atoms with Crippen molar-refractivity contribution in [3.05, 3.63) is 88.5 Å². The van der Waals surface area contributed by atoms with Gasteiger partial charge in [-0.15, -0.1) is 0 Å². The zero-order valence-electron chi connectivity index (χ0n) is 20.1. The molecule has 0 aliphatic carbocycles. The first kappa shape index (κ1) is 25.1. The number of ether oxygens (including phenoxy) is 2. The predicted octanol–water partition coefficient (Wildman–Crippen LogP) is 5.18. The van der Waals surface area contributed by atoms with Crippen molar-refractivity contribution < 1.29 is 19.1 Å². The molecule has 0 bridgehead atoms. The molecule has 0 saturated heterocycles. The second kappa shape index (κ2) is 11.5. The minimum Gasteiger partial charge on any atom is -0.493 e. The van der Waals surface area contributed by atoms with E-state index in [9.17, 15) is 14.9 Å². The molecule has 0 atom stereocenters. The first-order chi connectivity index (χ1) is 16.8. The fraction of sp³-hybridized carbons (Fsp3) is 0.179. The van der Waals surface area contributed by atoms with Crippen molar-refractivity contribution >= 4 is 29.3 Å². The highest BCUT2D eigenvalue weighted by molar-refractivity contribution is 6.10. The van der Waals surface area contributed by atoms with Crippen molar-refractivity contribution in [3.8, 4) is 17.6 Å². The molecule has 3 rings (SSSR count). The smallest absolute Gasteiger partial charge is 0.266 e. The molecule has 7 nitrogen and oxygen atoms in total. The maximum Gasteiger partial charge on any atom is 0.266 e. The summed E-state index contributed by atoms with van der Waals surface area (Å²) in [6, 6.07) is 20.1.